The van der Waals surface area contributed by atoms with Crippen LogP contribution in [-0.4, -0.2) is 6.16 Å². The normalized spacial score (nSPS) is 35.2. The first kappa shape index (κ1) is 20.7. The predicted octanol–water partition coefficient (Wildman–Crippen LogP) is 7.36. The van der Waals surface area contributed by atoms with Crippen LogP contribution in [0.3, 0.4) is 0 Å². The van der Waals surface area contributed by atoms with Gasteiger partial charge in [0.1, 0.15) is 0 Å². The van der Waals surface area contributed by atoms with E-state index in [2.05, 4.69) is 85.5 Å². The first-order chi connectivity index (χ1) is 11.9. The summed E-state index contributed by atoms with van der Waals surface area (Å²) >= 11 is 0. The monoisotopic (exact) mass is 358 g/mol. The van der Waals surface area contributed by atoms with Gasteiger partial charge in [0.25, 0.3) is 0 Å². The molecule has 0 amide bonds. The molecule has 0 fully saturated rings. The van der Waals surface area contributed by atoms with Crippen molar-refractivity contribution in [2.24, 2.45) is 28.6 Å². The van der Waals surface area contributed by atoms with Crippen LogP contribution in [0.25, 0.3) is 0 Å². The molecule has 25 heavy (non-hydrogen) atoms. The molecular formula is C24H39P. The molecule has 2 aliphatic carbocycles. The van der Waals surface area contributed by atoms with Crippen LogP contribution in [-0.2, 0) is 0 Å². The van der Waals surface area contributed by atoms with Crippen LogP contribution in [0, 0.1) is 28.6 Å². The molecule has 0 N–H and O–H groups in total. The van der Waals surface area contributed by atoms with Crippen molar-refractivity contribution in [2.75, 3.05) is 6.16 Å². The van der Waals surface area contributed by atoms with Crippen LogP contribution < -0.4 is 0 Å². The van der Waals surface area contributed by atoms with Gasteiger partial charge in [-0.15, -0.1) is 9.24 Å². The number of unbranched alkanes of at least 4 members (excludes halogenated alkanes) is 4. The maximum absolute atomic E-state index is 2.85. The Bertz CT molecular complexity index is 486. The first-order valence-electron chi connectivity index (χ1n) is 10.4. The Morgan fingerprint density at radius 1 is 0.760 bits per heavy atom. The molecule has 0 nitrogen and oxygen atoms in total. The van der Waals surface area contributed by atoms with Crippen molar-refractivity contribution in [2.45, 2.75) is 66.2 Å². The van der Waals surface area contributed by atoms with Crippen LogP contribution in [0.4, 0.5) is 0 Å². The fourth-order valence-electron chi connectivity index (χ4n) is 4.89. The number of hydrogen-bond donors (Lipinski definition) is 0. The molecular weight excluding hydrogens is 319 g/mol. The minimum absolute atomic E-state index is 0.243. The fourth-order valence-corrected chi connectivity index (χ4v) is 5.18. The Kier molecular flexibility index (Phi) is 7.75. The second kappa shape index (κ2) is 9.36. The summed E-state index contributed by atoms with van der Waals surface area (Å²) in [6.07, 6.45) is 28.3. The molecule has 0 bridgehead atoms. The average Bonchev–Trinajstić information content (AvgIpc) is 2.59. The maximum atomic E-state index is 2.85. The number of hydrogen-bond acceptors (Lipinski definition) is 0. The molecule has 0 aromatic heterocycles. The summed E-state index contributed by atoms with van der Waals surface area (Å²) in [6, 6.07) is 0. The highest BCUT2D eigenvalue weighted by atomic mass is 31.0. The quantitative estimate of drug-likeness (QED) is 0.298. The molecule has 0 aromatic carbocycles. The van der Waals surface area contributed by atoms with E-state index in [4.69, 9.17) is 0 Å². The van der Waals surface area contributed by atoms with Gasteiger partial charge in [0.15, 0.2) is 0 Å². The standard InChI is InChI=1S/C24H39P/c1-20-14-9-11-17-23(20,3)22(16-8-6-5-7-13-19-25)24(4)18-12-10-15-21(24)2/h9-12,14-15,17-18,20-22H,5-8,13,16,19,25H2,1-4H3. The summed E-state index contributed by atoms with van der Waals surface area (Å²) in [4.78, 5) is 0. The van der Waals surface area contributed by atoms with Gasteiger partial charge in [0, 0.05) is 0 Å². The first-order valence-corrected chi connectivity index (χ1v) is 11.2. The number of allylic oxidation sites excluding steroid dienone is 8. The van der Waals surface area contributed by atoms with Gasteiger partial charge in [-0.3, -0.25) is 0 Å². The third kappa shape index (κ3) is 4.77. The molecule has 0 aromatic rings. The lowest BCUT2D eigenvalue weighted by atomic mass is 9.52. The molecule has 0 saturated carbocycles. The van der Waals surface area contributed by atoms with Crippen LogP contribution >= 0.6 is 9.24 Å². The Morgan fingerprint density at radius 2 is 1.24 bits per heavy atom. The van der Waals surface area contributed by atoms with Crippen molar-refractivity contribution in [1.29, 1.82) is 0 Å². The molecule has 1 heteroatoms. The van der Waals surface area contributed by atoms with Crippen LogP contribution in [0.2, 0.25) is 0 Å². The van der Waals surface area contributed by atoms with Gasteiger partial charge in [-0.1, -0.05) is 102 Å². The van der Waals surface area contributed by atoms with E-state index in [-0.39, 0.29) is 10.8 Å². The fraction of sp³-hybridized carbons (Fsp3) is 0.667. The van der Waals surface area contributed by atoms with E-state index in [1.165, 1.54) is 44.7 Å². The summed E-state index contributed by atoms with van der Waals surface area (Å²) in [6.45, 7) is 9.81. The highest BCUT2D eigenvalue weighted by Crippen LogP contribution is 2.55. The van der Waals surface area contributed by atoms with Gasteiger partial charge < -0.3 is 0 Å². The predicted molar refractivity (Wildman–Crippen MR) is 117 cm³/mol. The SMILES string of the molecule is CC1C=CC=CC1(C)C(CCCCCCCP)C1(C)C=CC=CC1C. The zero-order valence-corrected chi connectivity index (χ0v) is 18.0. The van der Waals surface area contributed by atoms with Crippen molar-refractivity contribution < 1.29 is 0 Å². The largest absolute Gasteiger partial charge is 0.138 e. The zero-order valence-electron chi connectivity index (χ0n) is 16.9. The van der Waals surface area contributed by atoms with Crippen molar-refractivity contribution in [1.82, 2.24) is 0 Å². The summed E-state index contributed by atoms with van der Waals surface area (Å²) in [5, 5.41) is 0. The molecule has 0 spiro atoms. The minimum Gasteiger partial charge on any atom is -0.138 e. The van der Waals surface area contributed by atoms with Crippen molar-refractivity contribution >= 4 is 9.24 Å². The van der Waals surface area contributed by atoms with Crippen LogP contribution in [0.15, 0.2) is 48.6 Å². The Morgan fingerprint density at radius 3 is 1.72 bits per heavy atom. The van der Waals surface area contributed by atoms with Gasteiger partial charge >= 0.3 is 0 Å². The summed E-state index contributed by atoms with van der Waals surface area (Å²) in [7, 11) is 2.85. The van der Waals surface area contributed by atoms with Crippen LogP contribution in [0.5, 0.6) is 0 Å². The lowest BCUT2D eigenvalue weighted by molar-refractivity contribution is 0.0509. The van der Waals surface area contributed by atoms with E-state index in [0.29, 0.717) is 17.8 Å². The van der Waals surface area contributed by atoms with E-state index in [1.807, 2.05) is 0 Å². The Labute approximate surface area is 159 Å². The molecule has 0 radical (unpaired) electrons. The van der Waals surface area contributed by atoms with Gasteiger partial charge in [-0.25, -0.2) is 0 Å². The lowest BCUT2D eigenvalue weighted by Gasteiger charge is -2.51. The van der Waals surface area contributed by atoms with Crippen molar-refractivity contribution in [3.05, 3.63) is 48.6 Å². The maximum Gasteiger partial charge on any atom is -0.00466 e. The molecule has 0 heterocycles. The second-order valence-electron chi connectivity index (χ2n) is 8.70. The number of rotatable bonds is 9. The third-order valence-corrected chi connectivity index (χ3v) is 7.50. The summed E-state index contributed by atoms with van der Waals surface area (Å²) in [5.74, 6) is 1.88. The molecule has 140 valence electrons. The summed E-state index contributed by atoms with van der Waals surface area (Å²) < 4.78 is 0. The smallest absolute Gasteiger partial charge is 0.00466 e. The molecule has 0 saturated heterocycles. The van der Waals surface area contributed by atoms with Crippen LogP contribution in [0.1, 0.15) is 66.2 Å². The molecule has 2 aliphatic rings. The van der Waals surface area contributed by atoms with Gasteiger partial charge in [0.2, 0.25) is 0 Å². The van der Waals surface area contributed by atoms with E-state index in [0.717, 1.165) is 0 Å². The van der Waals surface area contributed by atoms with Gasteiger partial charge in [-0.05, 0) is 47.6 Å². The Hall–Kier alpha value is -0.610. The van der Waals surface area contributed by atoms with Gasteiger partial charge in [0.05, 0.1) is 0 Å². The zero-order chi connectivity index (χ0) is 18.3. The Balaban J connectivity index is 2.15. The highest BCUT2D eigenvalue weighted by Gasteiger charge is 2.47. The molecule has 5 atom stereocenters. The average molecular weight is 359 g/mol. The molecule has 0 aliphatic heterocycles. The van der Waals surface area contributed by atoms with E-state index < -0.39 is 0 Å². The molecule has 2 rings (SSSR count). The van der Waals surface area contributed by atoms with Crippen molar-refractivity contribution in [3.8, 4) is 0 Å². The van der Waals surface area contributed by atoms with E-state index >= 15 is 0 Å². The second-order valence-corrected chi connectivity index (χ2v) is 9.27. The summed E-state index contributed by atoms with van der Waals surface area (Å²) in [5.41, 5.74) is 0.487. The van der Waals surface area contributed by atoms with Crippen molar-refractivity contribution in [3.63, 3.8) is 0 Å². The third-order valence-electron chi connectivity index (χ3n) is 7.09. The topological polar surface area (TPSA) is 0 Å². The van der Waals surface area contributed by atoms with E-state index in [1.54, 1.807) is 0 Å². The highest BCUT2D eigenvalue weighted by molar-refractivity contribution is 7.16. The minimum atomic E-state index is 0.243. The van der Waals surface area contributed by atoms with E-state index in [9.17, 15) is 0 Å². The lowest BCUT2D eigenvalue weighted by Crippen LogP contribution is -2.45. The van der Waals surface area contributed by atoms with Gasteiger partial charge in [-0.2, -0.15) is 0 Å². The molecule has 5 unspecified atom stereocenters.